The van der Waals surface area contributed by atoms with E-state index in [-0.39, 0.29) is 9.82 Å². The zero-order chi connectivity index (χ0) is 19.1. The number of aromatic nitrogens is 1. The van der Waals surface area contributed by atoms with Gasteiger partial charge in [-0.25, -0.2) is 9.78 Å². The Labute approximate surface area is 172 Å². The Kier molecular flexibility index (Phi) is 8.71. The number of amides is 2. The molecule has 1 saturated heterocycles. The second-order valence-corrected chi connectivity index (χ2v) is 8.69. The van der Waals surface area contributed by atoms with Crippen LogP contribution in [0.5, 0.6) is 0 Å². The summed E-state index contributed by atoms with van der Waals surface area (Å²) in [4.78, 5) is 32.7. The average molecular weight is 494 g/mol. The van der Waals surface area contributed by atoms with Gasteiger partial charge in [0.05, 0.1) is 30.5 Å². The van der Waals surface area contributed by atoms with E-state index in [1.54, 1.807) is 45.9 Å². The molecular formula is C17H27IN4O3S. The normalized spacial score (nSPS) is 16.5. The summed E-state index contributed by atoms with van der Waals surface area (Å²) >= 11 is 3.38. The summed E-state index contributed by atoms with van der Waals surface area (Å²) in [6.45, 7) is 8.61. The van der Waals surface area contributed by atoms with Crippen LogP contribution in [0.2, 0.25) is 0 Å². The first-order valence-corrected chi connectivity index (χ1v) is 10.8. The van der Waals surface area contributed by atoms with Gasteiger partial charge in [0.2, 0.25) is 3.79 Å². The van der Waals surface area contributed by atoms with Crippen LogP contribution in [0, 0.1) is 0 Å². The first kappa shape index (κ1) is 21.5. The summed E-state index contributed by atoms with van der Waals surface area (Å²) in [5.41, 5.74) is 0.877. The molecule has 0 bridgehead atoms. The zero-order valence-corrected chi connectivity index (χ0v) is 18.5. The maximum atomic E-state index is 12.5. The molecule has 1 aliphatic rings. The second kappa shape index (κ2) is 10.5. The number of carbonyl (C=O) groups excluding carboxylic acids is 2. The molecule has 9 heteroatoms. The minimum atomic E-state index is -0.477. The van der Waals surface area contributed by atoms with Gasteiger partial charge >= 0.3 is 6.03 Å². The predicted octanol–water partition coefficient (Wildman–Crippen LogP) is 2.46. The summed E-state index contributed by atoms with van der Waals surface area (Å²) in [5.74, 6) is 0.383. The fourth-order valence-corrected chi connectivity index (χ4v) is 3.91. The fourth-order valence-electron chi connectivity index (χ4n) is 2.61. The number of halogens is 1. The summed E-state index contributed by atoms with van der Waals surface area (Å²) in [6, 6.07) is -0.726. The molecular weight excluding hydrogens is 467 g/mol. The SMILES string of the molecule is CC(C)c1nc(CN(C)C(=O)NC(CCN2CCOCC2)C(=O)I)cs1. The molecule has 1 aromatic rings. The summed E-state index contributed by atoms with van der Waals surface area (Å²) in [5, 5.41) is 5.91. The van der Waals surface area contributed by atoms with Gasteiger partial charge in [-0.2, -0.15) is 0 Å². The van der Waals surface area contributed by atoms with Crippen molar-refractivity contribution in [2.24, 2.45) is 0 Å². The Bertz CT molecular complexity index is 605. The third kappa shape index (κ3) is 6.75. The highest BCUT2D eigenvalue weighted by atomic mass is 127. The molecule has 0 aliphatic carbocycles. The van der Waals surface area contributed by atoms with Gasteiger partial charge in [0.25, 0.3) is 0 Å². The smallest absolute Gasteiger partial charge is 0.318 e. The van der Waals surface area contributed by atoms with Crippen LogP contribution < -0.4 is 5.32 Å². The third-order valence-electron chi connectivity index (χ3n) is 4.22. The van der Waals surface area contributed by atoms with Crippen LogP contribution in [0.4, 0.5) is 4.79 Å². The lowest BCUT2D eigenvalue weighted by Gasteiger charge is -2.28. The highest BCUT2D eigenvalue weighted by Crippen LogP contribution is 2.19. The topological polar surface area (TPSA) is 74.8 Å². The molecule has 0 saturated carbocycles. The molecule has 0 radical (unpaired) electrons. The first-order chi connectivity index (χ1) is 12.4. The molecule has 1 fully saturated rings. The predicted molar refractivity (Wildman–Crippen MR) is 111 cm³/mol. The molecule has 2 rings (SSSR count). The van der Waals surface area contributed by atoms with E-state index in [4.69, 9.17) is 4.74 Å². The van der Waals surface area contributed by atoms with E-state index in [1.807, 2.05) is 5.38 Å². The second-order valence-electron chi connectivity index (χ2n) is 6.74. The average Bonchev–Trinajstić information content (AvgIpc) is 3.07. The van der Waals surface area contributed by atoms with Gasteiger partial charge in [-0.3, -0.25) is 9.69 Å². The summed E-state index contributed by atoms with van der Waals surface area (Å²) < 4.78 is 5.28. The molecule has 1 atom stereocenters. The molecule has 1 aliphatic heterocycles. The third-order valence-corrected chi connectivity index (χ3v) is 6.16. The van der Waals surface area contributed by atoms with Crippen LogP contribution in [0.15, 0.2) is 5.38 Å². The Balaban J connectivity index is 1.83. The van der Waals surface area contributed by atoms with Gasteiger partial charge in [-0.1, -0.05) is 13.8 Å². The maximum absolute atomic E-state index is 12.5. The lowest BCUT2D eigenvalue weighted by atomic mass is 10.2. The minimum absolute atomic E-state index is 0.0478. The molecule has 0 aromatic carbocycles. The maximum Gasteiger partial charge on any atom is 0.318 e. The molecule has 2 heterocycles. The van der Waals surface area contributed by atoms with Crippen molar-refractivity contribution < 1.29 is 14.3 Å². The molecule has 1 N–H and O–H groups in total. The van der Waals surface area contributed by atoms with Gasteiger partial charge < -0.3 is 15.0 Å². The van der Waals surface area contributed by atoms with Crippen LogP contribution in [0.25, 0.3) is 0 Å². The molecule has 26 heavy (non-hydrogen) atoms. The van der Waals surface area contributed by atoms with E-state index in [9.17, 15) is 9.59 Å². The number of hydrogen-bond donors (Lipinski definition) is 1. The van der Waals surface area contributed by atoms with Gasteiger partial charge in [0.1, 0.15) is 6.04 Å². The van der Waals surface area contributed by atoms with Gasteiger partial charge in [0, 0.05) is 60.6 Å². The Morgan fingerprint density at radius 1 is 1.42 bits per heavy atom. The largest absolute Gasteiger partial charge is 0.379 e. The Morgan fingerprint density at radius 3 is 2.69 bits per heavy atom. The van der Waals surface area contributed by atoms with E-state index < -0.39 is 6.04 Å². The lowest BCUT2D eigenvalue weighted by molar-refractivity contribution is -0.111. The number of thiazole rings is 1. The van der Waals surface area contributed by atoms with E-state index in [2.05, 4.69) is 29.0 Å². The van der Waals surface area contributed by atoms with Gasteiger partial charge in [-0.15, -0.1) is 11.3 Å². The first-order valence-electron chi connectivity index (χ1n) is 8.82. The number of carbonyl (C=O) groups is 2. The quantitative estimate of drug-likeness (QED) is 0.444. The fraction of sp³-hybridized carbons (Fsp3) is 0.706. The summed E-state index contributed by atoms with van der Waals surface area (Å²) in [7, 11) is 1.72. The number of urea groups is 1. The monoisotopic (exact) mass is 494 g/mol. The zero-order valence-electron chi connectivity index (χ0n) is 15.5. The lowest BCUT2D eigenvalue weighted by Crippen LogP contribution is -2.47. The summed E-state index contributed by atoms with van der Waals surface area (Å²) in [6.07, 6.45) is 0.607. The highest BCUT2D eigenvalue weighted by molar-refractivity contribution is 14.1. The van der Waals surface area contributed by atoms with Crippen LogP contribution in [0.3, 0.4) is 0 Å². The van der Waals surface area contributed by atoms with Crippen LogP contribution in [-0.4, -0.2) is 70.5 Å². The number of hydrogen-bond acceptors (Lipinski definition) is 6. The molecule has 1 aromatic heterocycles. The van der Waals surface area contributed by atoms with Crippen molar-refractivity contribution in [2.75, 3.05) is 39.9 Å². The molecule has 146 valence electrons. The van der Waals surface area contributed by atoms with Crippen LogP contribution >= 0.6 is 33.9 Å². The van der Waals surface area contributed by atoms with Crippen molar-refractivity contribution in [2.45, 2.75) is 38.8 Å². The van der Waals surface area contributed by atoms with Crippen molar-refractivity contribution in [1.82, 2.24) is 20.1 Å². The Hall–Kier alpha value is -0.780. The van der Waals surface area contributed by atoms with Crippen molar-refractivity contribution >= 4 is 43.7 Å². The van der Waals surface area contributed by atoms with Crippen molar-refractivity contribution in [1.29, 1.82) is 0 Å². The van der Waals surface area contributed by atoms with Crippen LogP contribution in [0.1, 0.15) is 36.9 Å². The van der Waals surface area contributed by atoms with Gasteiger partial charge in [-0.05, 0) is 6.42 Å². The number of nitrogens with zero attached hydrogens (tertiary/aromatic N) is 3. The van der Waals surface area contributed by atoms with Crippen molar-refractivity contribution in [3.63, 3.8) is 0 Å². The van der Waals surface area contributed by atoms with Gasteiger partial charge in [0.15, 0.2) is 0 Å². The van der Waals surface area contributed by atoms with E-state index in [0.717, 1.165) is 43.5 Å². The molecule has 2 amide bonds. The molecule has 0 spiro atoms. The molecule has 1 unspecified atom stereocenters. The van der Waals surface area contributed by atoms with Crippen molar-refractivity contribution in [3.8, 4) is 0 Å². The number of morpholine rings is 1. The Morgan fingerprint density at radius 2 is 2.12 bits per heavy atom. The number of ether oxygens (including phenoxy) is 1. The highest BCUT2D eigenvalue weighted by Gasteiger charge is 2.22. The van der Waals surface area contributed by atoms with E-state index in [1.165, 1.54) is 0 Å². The van der Waals surface area contributed by atoms with E-state index >= 15 is 0 Å². The minimum Gasteiger partial charge on any atom is -0.379 e. The van der Waals surface area contributed by atoms with Crippen LogP contribution in [-0.2, 0) is 16.1 Å². The standard InChI is InChI=1S/C17H27IN4O3S/c1-12(2)16-19-13(11-26-16)10-21(3)17(24)20-14(15(18)23)4-5-22-6-8-25-9-7-22/h11-12,14H,4-10H2,1-3H3,(H,20,24). The number of rotatable bonds is 8. The number of nitrogens with one attached hydrogen (secondary N) is 1. The molecule has 7 nitrogen and oxygen atoms in total. The van der Waals surface area contributed by atoms with E-state index in [0.29, 0.717) is 18.9 Å². The van der Waals surface area contributed by atoms with Crippen molar-refractivity contribution in [3.05, 3.63) is 16.1 Å².